The molecule has 3 aromatic carbocycles. The van der Waals surface area contributed by atoms with Gasteiger partial charge in [0.05, 0.1) is 12.2 Å². The van der Waals surface area contributed by atoms with Crippen molar-refractivity contribution in [1.29, 1.82) is 0 Å². The van der Waals surface area contributed by atoms with Crippen molar-refractivity contribution in [1.82, 2.24) is 4.90 Å². The molecule has 9 heteroatoms. The Morgan fingerprint density at radius 3 is 2.10 bits per heavy atom. The van der Waals surface area contributed by atoms with Gasteiger partial charge in [-0.15, -0.1) is 0 Å². The van der Waals surface area contributed by atoms with Crippen LogP contribution in [0.25, 0.3) is 11.1 Å². The van der Waals surface area contributed by atoms with Crippen LogP contribution in [0.3, 0.4) is 0 Å². The summed E-state index contributed by atoms with van der Waals surface area (Å²) in [6.07, 6.45) is -0.355. The zero-order valence-electron chi connectivity index (χ0n) is 24.2. The van der Waals surface area contributed by atoms with Gasteiger partial charge in [-0.2, -0.15) is 0 Å². The molecule has 1 saturated heterocycles. The zero-order valence-corrected chi connectivity index (χ0v) is 24.2. The number of rotatable bonds is 8. The number of carboxylic acid groups (broad SMARTS) is 1. The van der Waals surface area contributed by atoms with E-state index in [0.717, 1.165) is 5.69 Å². The SMILES string of the molecule is CC(C)(C)OC(=O)COCc1cc(C(=O)O)cc(N2CCN(C(=O)OCC3c4ccccc4-c4ccccc43)CC2)c1. The van der Waals surface area contributed by atoms with Crippen molar-refractivity contribution in [2.75, 3.05) is 44.3 Å². The van der Waals surface area contributed by atoms with E-state index in [1.54, 1.807) is 31.7 Å². The fraction of sp³-hybridized carbons (Fsp3) is 0.364. The fourth-order valence-electron chi connectivity index (χ4n) is 5.52. The number of aromatic carboxylic acids is 1. The minimum absolute atomic E-state index is 0.00245. The highest BCUT2D eigenvalue weighted by Gasteiger charge is 2.30. The molecule has 0 saturated carbocycles. The number of anilines is 1. The molecule has 1 N–H and O–H groups in total. The number of hydrogen-bond donors (Lipinski definition) is 1. The van der Waals surface area contributed by atoms with Gasteiger partial charge in [0.1, 0.15) is 18.8 Å². The van der Waals surface area contributed by atoms with Crippen LogP contribution in [-0.4, -0.2) is 73.0 Å². The van der Waals surface area contributed by atoms with E-state index in [0.29, 0.717) is 31.7 Å². The van der Waals surface area contributed by atoms with Gasteiger partial charge in [0.25, 0.3) is 0 Å². The van der Waals surface area contributed by atoms with Crippen LogP contribution in [0.15, 0.2) is 66.7 Å². The summed E-state index contributed by atoms with van der Waals surface area (Å²) in [5, 5.41) is 9.66. The lowest BCUT2D eigenvalue weighted by Crippen LogP contribution is -2.49. The van der Waals surface area contributed by atoms with Crippen molar-refractivity contribution in [2.24, 2.45) is 0 Å². The number of hydrogen-bond acceptors (Lipinski definition) is 7. The molecule has 1 aliphatic carbocycles. The third kappa shape index (κ3) is 6.74. The molecule has 0 unspecified atom stereocenters. The first-order valence-electron chi connectivity index (χ1n) is 14.1. The Labute approximate surface area is 245 Å². The molecule has 3 aromatic rings. The van der Waals surface area contributed by atoms with Crippen LogP contribution in [0.1, 0.15) is 53.7 Å². The predicted octanol–water partition coefficient (Wildman–Crippen LogP) is 5.31. The van der Waals surface area contributed by atoms with Gasteiger partial charge >= 0.3 is 18.0 Å². The van der Waals surface area contributed by atoms with Gasteiger partial charge < -0.3 is 29.1 Å². The van der Waals surface area contributed by atoms with E-state index in [9.17, 15) is 19.5 Å². The molecular weight excluding hydrogens is 536 g/mol. The normalized spacial score (nSPS) is 14.7. The summed E-state index contributed by atoms with van der Waals surface area (Å²) in [6.45, 7) is 7.35. The summed E-state index contributed by atoms with van der Waals surface area (Å²) in [7, 11) is 0. The zero-order chi connectivity index (χ0) is 29.9. The monoisotopic (exact) mass is 572 g/mol. The quantitative estimate of drug-likeness (QED) is 0.362. The second-order valence-corrected chi connectivity index (χ2v) is 11.6. The number of benzene rings is 3. The molecule has 2 aliphatic rings. The Morgan fingerprint density at radius 1 is 0.881 bits per heavy atom. The van der Waals surface area contributed by atoms with E-state index in [1.165, 1.54) is 28.3 Å². The van der Waals surface area contributed by atoms with Crippen molar-refractivity contribution < 1.29 is 33.7 Å². The van der Waals surface area contributed by atoms with E-state index >= 15 is 0 Å². The average Bonchev–Trinajstić information content (AvgIpc) is 3.28. The first-order valence-corrected chi connectivity index (χ1v) is 14.1. The summed E-state index contributed by atoms with van der Waals surface area (Å²) >= 11 is 0. The van der Waals surface area contributed by atoms with E-state index < -0.39 is 17.5 Å². The van der Waals surface area contributed by atoms with Crippen LogP contribution in [0.2, 0.25) is 0 Å². The minimum Gasteiger partial charge on any atom is -0.478 e. The highest BCUT2D eigenvalue weighted by Crippen LogP contribution is 2.44. The third-order valence-electron chi connectivity index (χ3n) is 7.37. The van der Waals surface area contributed by atoms with Gasteiger partial charge in [-0.3, -0.25) is 0 Å². The number of nitrogens with zero attached hydrogens (tertiary/aromatic N) is 2. The lowest BCUT2D eigenvalue weighted by atomic mass is 9.98. The molecular formula is C33H36N2O7. The summed E-state index contributed by atoms with van der Waals surface area (Å²) in [5.41, 5.74) is 5.56. The van der Waals surface area contributed by atoms with Crippen LogP contribution in [-0.2, 0) is 25.6 Å². The largest absolute Gasteiger partial charge is 0.478 e. The lowest BCUT2D eigenvalue weighted by Gasteiger charge is -2.36. The topological polar surface area (TPSA) is 106 Å². The van der Waals surface area contributed by atoms with Crippen molar-refractivity contribution in [3.63, 3.8) is 0 Å². The maximum atomic E-state index is 13.0. The fourth-order valence-corrected chi connectivity index (χ4v) is 5.52. The van der Waals surface area contributed by atoms with Crippen LogP contribution < -0.4 is 4.90 Å². The third-order valence-corrected chi connectivity index (χ3v) is 7.37. The maximum absolute atomic E-state index is 13.0. The predicted molar refractivity (Wildman–Crippen MR) is 158 cm³/mol. The molecule has 0 radical (unpaired) electrons. The molecule has 9 nitrogen and oxygen atoms in total. The van der Waals surface area contributed by atoms with Gasteiger partial charge in [-0.25, -0.2) is 14.4 Å². The smallest absolute Gasteiger partial charge is 0.409 e. The Bertz CT molecular complexity index is 1430. The van der Waals surface area contributed by atoms with Crippen molar-refractivity contribution >= 4 is 23.7 Å². The number of esters is 1. The molecule has 0 aromatic heterocycles. The number of fused-ring (bicyclic) bond motifs is 3. The molecule has 1 heterocycles. The van der Waals surface area contributed by atoms with Gasteiger partial charge in [0, 0.05) is 37.8 Å². The molecule has 5 rings (SSSR count). The van der Waals surface area contributed by atoms with E-state index in [4.69, 9.17) is 14.2 Å². The molecule has 42 heavy (non-hydrogen) atoms. The second-order valence-electron chi connectivity index (χ2n) is 11.6. The molecule has 1 aliphatic heterocycles. The molecule has 220 valence electrons. The average molecular weight is 573 g/mol. The lowest BCUT2D eigenvalue weighted by molar-refractivity contribution is -0.160. The summed E-state index contributed by atoms with van der Waals surface area (Å²) in [4.78, 5) is 40.5. The molecule has 1 amide bonds. The first kappa shape index (κ1) is 29.1. The van der Waals surface area contributed by atoms with Gasteiger partial charge in [-0.1, -0.05) is 48.5 Å². The highest BCUT2D eigenvalue weighted by molar-refractivity contribution is 5.89. The number of ether oxygens (including phenoxy) is 3. The Balaban J connectivity index is 1.17. The van der Waals surface area contributed by atoms with Gasteiger partial charge in [0.2, 0.25) is 0 Å². The summed E-state index contributed by atoms with van der Waals surface area (Å²) in [6, 6.07) is 21.5. The van der Waals surface area contributed by atoms with Crippen molar-refractivity contribution in [3.8, 4) is 11.1 Å². The molecule has 0 atom stereocenters. The minimum atomic E-state index is -1.05. The standard InChI is InChI=1S/C33H36N2O7/c1-33(2,3)42-30(36)21-40-19-22-16-23(31(37)38)18-24(17-22)34-12-14-35(15-13-34)32(39)41-20-29-27-10-6-4-8-25(27)26-9-5-7-11-28(26)29/h4-11,16-18,29H,12-15,19-21H2,1-3H3,(H,37,38). The second kappa shape index (κ2) is 12.2. The Kier molecular flexibility index (Phi) is 8.49. The van der Waals surface area contributed by atoms with Crippen LogP contribution >= 0.6 is 0 Å². The molecule has 0 spiro atoms. The highest BCUT2D eigenvalue weighted by atomic mass is 16.6. The summed E-state index contributed by atoms with van der Waals surface area (Å²) < 4.78 is 16.6. The van der Waals surface area contributed by atoms with Crippen LogP contribution in [0.5, 0.6) is 0 Å². The van der Waals surface area contributed by atoms with E-state index in [1.807, 2.05) is 35.2 Å². The van der Waals surface area contributed by atoms with E-state index in [2.05, 4.69) is 24.3 Å². The van der Waals surface area contributed by atoms with Crippen molar-refractivity contribution in [3.05, 3.63) is 89.0 Å². The first-order chi connectivity index (χ1) is 20.1. The number of piperazine rings is 1. The van der Waals surface area contributed by atoms with Gasteiger partial charge in [0.15, 0.2) is 0 Å². The van der Waals surface area contributed by atoms with Gasteiger partial charge in [-0.05, 0) is 66.8 Å². The van der Waals surface area contributed by atoms with E-state index in [-0.39, 0.29) is 37.4 Å². The Hall–Kier alpha value is -4.37. The maximum Gasteiger partial charge on any atom is 0.409 e. The number of amides is 1. The summed E-state index contributed by atoms with van der Waals surface area (Å²) in [5.74, 6) is -1.54. The number of carboxylic acids is 1. The molecule has 1 fully saturated rings. The number of carbonyl (C=O) groups is 3. The number of carbonyl (C=O) groups excluding carboxylic acids is 2. The van der Waals surface area contributed by atoms with Crippen molar-refractivity contribution in [2.45, 2.75) is 38.9 Å². The molecule has 0 bridgehead atoms. The Morgan fingerprint density at radius 2 is 1.50 bits per heavy atom. The van der Waals surface area contributed by atoms with Crippen LogP contribution in [0, 0.1) is 0 Å². The van der Waals surface area contributed by atoms with Crippen LogP contribution in [0.4, 0.5) is 10.5 Å².